The first kappa shape index (κ1) is 9.34. The van der Waals surface area contributed by atoms with Crippen molar-refractivity contribution >= 4 is 11.8 Å². The molecule has 1 aliphatic rings. The number of amides is 2. The van der Waals surface area contributed by atoms with Crippen molar-refractivity contribution in [2.24, 2.45) is 5.11 Å². The molecular formula is C6H9N5O2. The van der Waals surface area contributed by atoms with Gasteiger partial charge < -0.3 is 10.2 Å². The molecule has 70 valence electrons. The normalized spacial score (nSPS) is 16.5. The van der Waals surface area contributed by atoms with E-state index >= 15 is 0 Å². The Bertz CT molecular complexity index is 270. The van der Waals surface area contributed by atoms with E-state index in [-0.39, 0.29) is 6.54 Å². The maximum absolute atomic E-state index is 11.1. The number of carbonyl (C=O) groups excluding carboxylic acids is 2. The SMILES string of the molecule is [N-]=[N+]=NCCN1CCNC(=O)C1=O. The third-order valence-electron chi connectivity index (χ3n) is 1.68. The molecule has 7 nitrogen and oxygen atoms in total. The van der Waals surface area contributed by atoms with Crippen LogP contribution in [-0.4, -0.2) is 42.9 Å². The van der Waals surface area contributed by atoms with Gasteiger partial charge in [0.05, 0.1) is 0 Å². The molecule has 1 N–H and O–H groups in total. The van der Waals surface area contributed by atoms with Gasteiger partial charge in [-0.25, -0.2) is 0 Å². The highest BCUT2D eigenvalue weighted by molar-refractivity contribution is 6.35. The van der Waals surface area contributed by atoms with Crippen LogP contribution >= 0.6 is 0 Å². The van der Waals surface area contributed by atoms with Gasteiger partial charge in [-0.15, -0.1) is 0 Å². The Balaban J connectivity index is 2.44. The molecule has 1 aliphatic heterocycles. The number of nitrogens with one attached hydrogen (secondary N) is 1. The second-order valence-electron chi connectivity index (χ2n) is 2.50. The second-order valence-corrected chi connectivity index (χ2v) is 2.50. The van der Waals surface area contributed by atoms with Gasteiger partial charge >= 0.3 is 11.8 Å². The predicted octanol–water partition coefficient (Wildman–Crippen LogP) is -0.745. The second kappa shape index (κ2) is 4.32. The molecule has 1 fully saturated rings. The lowest BCUT2D eigenvalue weighted by Gasteiger charge is -2.25. The molecule has 0 bridgehead atoms. The Morgan fingerprint density at radius 3 is 3.08 bits per heavy atom. The number of piperazine rings is 1. The number of rotatable bonds is 3. The smallest absolute Gasteiger partial charge is 0.311 e. The van der Waals surface area contributed by atoms with Crippen molar-refractivity contribution in [3.8, 4) is 0 Å². The molecule has 1 heterocycles. The minimum absolute atomic E-state index is 0.204. The van der Waals surface area contributed by atoms with E-state index in [1.165, 1.54) is 4.90 Å². The molecule has 0 unspecified atom stereocenters. The molecule has 1 saturated heterocycles. The van der Waals surface area contributed by atoms with Crippen LogP contribution in [0, 0.1) is 0 Å². The van der Waals surface area contributed by atoms with Crippen molar-refractivity contribution in [3.63, 3.8) is 0 Å². The molecule has 0 aliphatic carbocycles. The zero-order valence-corrected chi connectivity index (χ0v) is 6.93. The topological polar surface area (TPSA) is 98.2 Å². The summed E-state index contributed by atoms with van der Waals surface area (Å²) in [6, 6.07) is 0. The van der Waals surface area contributed by atoms with Crippen LogP contribution < -0.4 is 5.32 Å². The van der Waals surface area contributed by atoms with Crippen LogP contribution in [-0.2, 0) is 9.59 Å². The van der Waals surface area contributed by atoms with E-state index in [4.69, 9.17) is 5.53 Å². The largest absolute Gasteiger partial charge is 0.346 e. The highest BCUT2D eigenvalue weighted by atomic mass is 16.2. The summed E-state index contributed by atoms with van der Waals surface area (Å²) in [5, 5.41) is 5.70. The lowest BCUT2D eigenvalue weighted by Crippen LogP contribution is -2.52. The molecule has 0 aromatic carbocycles. The molecule has 0 radical (unpaired) electrons. The average Bonchev–Trinajstić information content (AvgIpc) is 2.13. The number of hydrogen-bond donors (Lipinski definition) is 1. The number of azide groups is 1. The number of carbonyl (C=O) groups is 2. The maximum atomic E-state index is 11.1. The Hall–Kier alpha value is -1.75. The molecule has 2 amide bonds. The molecule has 0 spiro atoms. The summed E-state index contributed by atoms with van der Waals surface area (Å²) in [4.78, 5) is 25.8. The van der Waals surface area contributed by atoms with Crippen LogP contribution in [0.3, 0.4) is 0 Å². The summed E-state index contributed by atoms with van der Waals surface area (Å²) in [7, 11) is 0. The fraction of sp³-hybridized carbons (Fsp3) is 0.667. The van der Waals surface area contributed by atoms with Crippen LogP contribution in [0.5, 0.6) is 0 Å². The first-order valence-corrected chi connectivity index (χ1v) is 3.83. The molecular weight excluding hydrogens is 174 g/mol. The van der Waals surface area contributed by atoms with Gasteiger partial charge in [0.1, 0.15) is 0 Å². The van der Waals surface area contributed by atoms with Crippen molar-refractivity contribution in [2.45, 2.75) is 0 Å². The van der Waals surface area contributed by atoms with Gasteiger partial charge in [-0.3, -0.25) is 9.59 Å². The van der Waals surface area contributed by atoms with Gasteiger partial charge in [0.15, 0.2) is 0 Å². The summed E-state index contributed by atoms with van der Waals surface area (Å²) in [6.07, 6.45) is 0. The minimum atomic E-state index is -0.591. The van der Waals surface area contributed by atoms with E-state index in [0.29, 0.717) is 19.6 Å². The minimum Gasteiger partial charge on any atom is -0.346 e. The van der Waals surface area contributed by atoms with Crippen molar-refractivity contribution in [1.29, 1.82) is 0 Å². The van der Waals surface area contributed by atoms with Crippen LogP contribution in [0.25, 0.3) is 10.4 Å². The highest BCUT2D eigenvalue weighted by Crippen LogP contribution is 1.94. The van der Waals surface area contributed by atoms with Crippen LogP contribution in [0.15, 0.2) is 5.11 Å². The monoisotopic (exact) mass is 183 g/mol. The fourth-order valence-electron chi connectivity index (χ4n) is 1.05. The Labute approximate surface area is 74.3 Å². The Kier molecular flexibility index (Phi) is 3.10. The lowest BCUT2D eigenvalue weighted by molar-refractivity contribution is -0.148. The van der Waals surface area contributed by atoms with Crippen molar-refractivity contribution in [3.05, 3.63) is 10.4 Å². The summed E-state index contributed by atoms with van der Waals surface area (Å²) in [6.45, 7) is 1.44. The first-order valence-electron chi connectivity index (χ1n) is 3.83. The van der Waals surface area contributed by atoms with Crippen molar-refractivity contribution in [1.82, 2.24) is 10.2 Å². The van der Waals surface area contributed by atoms with E-state index in [1.54, 1.807) is 0 Å². The zero-order valence-electron chi connectivity index (χ0n) is 6.93. The van der Waals surface area contributed by atoms with E-state index in [2.05, 4.69) is 15.3 Å². The Morgan fingerprint density at radius 1 is 1.62 bits per heavy atom. The summed E-state index contributed by atoms with van der Waals surface area (Å²) in [5.41, 5.74) is 7.99. The van der Waals surface area contributed by atoms with Gasteiger partial charge in [0, 0.05) is 31.1 Å². The standard InChI is InChI=1S/C6H9N5O2/c7-10-9-2-4-11-3-1-8-5(12)6(11)13/h1-4H2,(H,8,12). The quantitative estimate of drug-likeness (QED) is 0.269. The van der Waals surface area contributed by atoms with Gasteiger partial charge in [-0.05, 0) is 5.53 Å². The van der Waals surface area contributed by atoms with Crippen LogP contribution in [0.2, 0.25) is 0 Å². The summed E-state index contributed by atoms with van der Waals surface area (Å²) in [5.74, 6) is -1.15. The van der Waals surface area contributed by atoms with E-state index in [0.717, 1.165) is 0 Å². The molecule has 0 aromatic heterocycles. The average molecular weight is 183 g/mol. The van der Waals surface area contributed by atoms with Crippen molar-refractivity contribution in [2.75, 3.05) is 26.2 Å². The van der Waals surface area contributed by atoms with Gasteiger partial charge in [-0.1, -0.05) is 5.11 Å². The molecule has 1 rings (SSSR count). The van der Waals surface area contributed by atoms with Crippen molar-refractivity contribution < 1.29 is 9.59 Å². The molecule has 0 aromatic rings. The molecule has 7 heteroatoms. The Morgan fingerprint density at radius 2 is 2.38 bits per heavy atom. The summed E-state index contributed by atoms with van der Waals surface area (Å²) >= 11 is 0. The predicted molar refractivity (Wildman–Crippen MR) is 43.6 cm³/mol. The zero-order chi connectivity index (χ0) is 9.68. The molecule has 13 heavy (non-hydrogen) atoms. The lowest BCUT2D eigenvalue weighted by atomic mass is 10.3. The number of hydrogen-bond acceptors (Lipinski definition) is 3. The van der Waals surface area contributed by atoms with E-state index < -0.39 is 11.8 Å². The first-order chi connectivity index (χ1) is 6.25. The molecule has 0 saturated carbocycles. The highest BCUT2D eigenvalue weighted by Gasteiger charge is 2.24. The van der Waals surface area contributed by atoms with E-state index in [9.17, 15) is 9.59 Å². The van der Waals surface area contributed by atoms with Gasteiger partial charge in [-0.2, -0.15) is 0 Å². The summed E-state index contributed by atoms with van der Waals surface area (Å²) < 4.78 is 0. The van der Waals surface area contributed by atoms with E-state index in [1.807, 2.05) is 0 Å². The third-order valence-corrected chi connectivity index (χ3v) is 1.68. The van der Waals surface area contributed by atoms with Gasteiger partial charge in [0.2, 0.25) is 0 Å². The van der Waals surface area contributed by atoms with Crippen LogP contribution in [0.4, 0.5) is 0 Å². The molecule has 0 atom stereocenters. The number of nitrogens with zero attached hydrogens (tertiary/aromatic N) is 4. The third kappa shape index (κ3) is 2.34. The fourth-order valence-corrected chi connectivity index (χ4v) is 1.05. The van der Waals surface area contributed by atoms with Crippen LogP contribution in [0.1, 0.15) is 0 Å². The van der Waals surface area contributed by atoms with Gasteiger partial charge in [0.25, 0.3) is 0 Å². The maximum Gasteiger partial charge on any atom is 0.311 e.